The van der Waals surface area contributed by atoms with E-state index in [9.17, 15) is 13.2 Å². The molecular formula is C20H26N3O3S+. The summed E-state index contributed by atoms with van der Waals surface area (Å²) in [6, 6.07) is 8.79. The molecule has 0 radical (unpaired) electrons. The van der Waals surface area contributed by atoms with E-state index in [2.05, 4.69) is 5.32 Å². The fraction of sp³-hybridized carbons (Fsp3) is 0.400. The highest BCUT2D eigenvalue weighted by Gasteiger charge is 2.26. The molecule has 2 heterocycles. The van der Waals surface area contributed by atoms with Gasteiger partial charge in [-0.15, -0.1) is 0 Å². The second-order valence-corrected chi connectivity index (χ2v) is 8.98. The molecule has 1 aromatic heterocycles. The SMILES string of the molecule is Cc1cc[n+](CC(=O)Nc2cc(S(=O)(=O)N3CCCCC3)ccc2C)cc1. The predicted octanol–water partition coefficient (Wildman–Crippen LogP) is 2.40. The van der Waals surface area contributed by atoms with Crippen LogP contribution in [-0.2, 0) is 21.4 Å². The molecule has 3 rings (SSSR count). The van der Waals surface area contributed by atoms with Crippen LogP contribution >= 0.6 is 0 Å². The summed E-state index contributed by atoms with van der Waals surface area (Å²) in [5, 5.41) is 2.85. The Labute approximate surface area is 160 Å². The fourth-order valence-electron chi connectivity index (χ4n) is 3.14. The van der Waals surface area contributed by atoms with Gasteiger partial charge in [-0.2, -0.15) is 8.87 Å². The van der Waals surface area contributed by atoms with Crippen LogP contribution < -0.4 is 9.88 Å². The standard InChI is InChI=1S/C20H25N3O3S/c1-16-8-12-22(13-9-16)15-20(24)21-19-14-18(7-6-17(19)2)27(25,26)23-10-4-3-5-11-23/h6-9,12-14H,3-5,10-11,15H2,1-2H3/p+1. The highest BCUT2D eigenvalue weighted by molar-refractivity contribution is 7.89. The summed E-state index contributed by atoms with van der Waals surface area (Å²) in [6.07, 6.45) is 6.54. The number of anilines is 1. The Balaban J connectivity index is 1.76. The van der Waals surface area contributed by atoms with E-state index in [1.54, 1.807) is 22.8 Å². The summed E-state index contributed by atoms with van der Waals surface area (Å²) in [4.78, 5) is 12.6. The molecule has 0 atom stereocenters. The molecule has 1 saturated heterocycles. The number of hydrogen-bond acceptors (Lipinski definition) is 3. The van der Waals surface area contributed by atoms with E-state index in [-0.39, 0.29) is 17.3 Å². The van der Waals surface area contributed by atoms with E-state index in [4.69, 9.17) is 0 Å². The van der Waals surface area contributed by atoms with Gasteiger partial charge in [0, 0.05) is 30.9 Å². The quantitative estimate of drug-likeness (QED) is 0.800. The van der Waals surface area contributed by atoms with Gasteiger partial charge in [0.2, 0.25) is 16.6 Å². The topological polar surface area (TPSA) is 70.4 Å². The smallest absolute Gasteiger partial charge is 0.290 e. The lowest BCUT2D eigenvalue weighted by molar-refractivity contribution is -0.684. The van der Waals surface area contributed by atoms with Gasteiger partial charge in [-0.05, 0) is 49.9 Å². The third kappa shape index (κ3) is 4.73. The molecular weight excluding hydrogens is 362 g/mol. The average molecular weight is 389 g/mol. The van der Waals surface area contributed by atoms with Gasteiger partial charge in [0.1, 0.15) is 0 Å². The van der Waals surface area contributed by atoms with Crippen LogP contribution in [0.3, 0.4) is 0 Å². The molecule has 0 aliphatic carbocycles. The number of carbonyl (C=O) groups excluding carboxylic acids is 1. The number of pyridine rings is 1. The van der Waals surface area contributed by atoms with Crippen LogP contribution in [0.4, 0.5) is 5.69 Å². The third-order valence-electron chi connectivity index (χ3n) is 4.82. The zero-order valence-electron chi connectivity index (χ0n) is 15.8. The van der Waals surface area contributed by atoms with E-state index in [1.807, 2.05) is 38.4 Å². The molecule has 144 valence electrons. The van der Waals surface area contributed by atoms with Crippen LogP contribution in [0.15, 0.2) is 47.6 Å². The molecule has 1 fully saturated rings. The van der Waals surface area contributed by atoms with Gasteiger partial charge >= 0.3 is 0 Å². The molecule has 2 aromatic rings. The van der Waals surface area contributed by atoms with Gasteiger partial charge in [-0.25, -0.2) is 8.42 Å². The minimum absolute atomic E-state index is 0.169. The second-order valence-electron chi connectivity index (χ2n) is 7.04. The number of rotatable bonds is 5. The van der Waals surface area contributed by atoms with Crippen molar-refractivity contribution in [3.8, 4) is 0 Å². The molecule has 0 saturated carbocycles. The van der Waals surface area contributed by atoms with Crippen molar-refractivity contribution in [1.29, 1.82) is 0 Å². The van der Waals surface area contributed by atoms with Gasteiger partial charge in [0.05, 0.1) is 4.90 Å². The van der Waals surface area contributed by atoms with Gasteiger partial charge in [-0.3, -0.25) is 4.79 Å². The molecule has 1 N–H and O–H groups in total. The van der Waals surface area contributed by atoms with Crippen molar-refractivity contribution < 1.29 is 17.8 Å². The first kappa shape index (κ1) is 19.5. The molecule has 7 heteroatoms. The monoisotopic (exact) mass is 388 g/mol. The Hall–Kier alpha value is -2.25. The largest absolute Gasteiger partial charge is 0.320 e. The summed E-state index contributed by atoms with van der Waals surface area (Å²) >= 11 is 0. The molecule has 0 spiro atoms. The summed E-state index contributed by atoms with van der Waals surface area (Å²) in [5.41, 5.74) is 2.48. The maximum atomic E-state index is 12.9. The number of nitrogens with zero attached hydrogens (tertiary/aromatic N) is 2. The highest BCUT2D eigenvalue weighted by atomic mass is 32.2. The Morgan fingerprint density at radius 1 is 1.07 bits per heavy atom. The normalized spacial score (nSPS) is 15.5. The summed E-state index contributed by atoms with van der Waals surface area (Å²) in [7, 11) is -3.52. The zero-order valence-corrected chi connectivity index (χ0v) is 16.6. The lowest BCUT2D eigenvalue weighted by atomic mass is 10.2. The van der Waals surface area contributed by atoms with E-state index >= 15 is 0 Å². The number of carbonyl (C=O) groups is 1. The van der Waals surface area contributed by atoms with Crippen LogP contribution in [0, 0.1) is 13.8 Å². The Bertz CT molecular complexity index is 918. The molecule has 1 aliphatic heterocycles. The van der Waals surface area contributed by atoms with Gasteiger partial charge in [0.25, 0.3) is 5.91 Å². The summed E-state index contributed by atoms with van der Waals surface area (Å²) in [6.45, 7) is 5.13. The van der Waals surface area contributed by atoms with Crippen molar-refractivity contribution in [1.82, 2.24) is 4.31 Å². The van der Waals surface area contributed by atoms with Gasteiger partial charge < -0.3 is 5.32 Å². The van der Waals surface area contributed by atoms with Crippen LogP contribution in [-0.4, -0.2) is 31.7 Å². The Kier molecular flexibility index (Phi) is 5.92. The second kappa shape index (κ2) is 8.19. The lowest BCUT2D eigenvalue weighted by Crippen LogP contribution is -2.39. The Morgan fingerprint density at radius 2 is 1.74 bits per heavy atom. The zero-order chi connectivity index (χ0) is 19.4. The van der Waals surface area contributed by atoms with Crippen molar-refractivity contribution >= 4 is 21.6 Å². The minimum Gasteiger partial charge on any atom is -0.320 e. The van der Waals surface area contributed by atoms with Gasteiger partial charge in [0.15, 0.2) is 12.4 Å². The van der Waals surface area contributed by atoms with Crippen molar-refractivity contribution in [2.24, 2.45) is 0 Å². The maximum absolute atomic E-state index is 12.9. The molecule has 0 bridgehead atoms. The number of piperidine rings is 1. The van der Waals surface area contributed by atoms with Crippen molar-refractivity contribution in [3.05, 3.63) is 53.9 Å². The summed E-state index contributed by atoms with van der Waals surface area (Å²) in [5.74, 6) is -0.195. The fourth-order valence-corrected chi connectivity index (χ4v) is 4.69. The number of benzene rings is 1. The van der Waals surface area contributed by atoms with Crippen molar-refractivity contribution in [2.45, 2.75) is 44.6 Å². The van der Waals surface area contributed by atoms with Crippen LogP contribution in [0.1, 0.15) is 30.4 Å². The highest BCUT2D eigenvalue weighted by Crippen LogP contribution is 2.25. The van der Waals surface area contributed by atoms with E-state index in [0.717, 1.165) is 30.4 Å². The predicted molar refractivity (Wildman–Crippen MR) is 104 cm³/mol. The molecule has 1 aliphatic rings. The van der Waals surface area contributed by atoms with Crippen molar-refractivity contribution in [2.75, 3.05) is 18.4 Å². The molecule has 27 heavy (non-hydrogen) atoms. The Morgan fingerprint density at radius 3 is 2.41 bits per heavy atom. The van der Waals surface area contributed by atoms with Crippen molar-refractivity contribution in [3.63, 3.8) is 0 Å². The summed E-state index contributed by atoms with van der Waals surface area (Å²) < 4.78 is 29.1. The molecule has 1 aromatic carbocycles. The number of sulfonamides is 1. The molecule has 0 unspecified atom stereocenters. The molecule has 6 nitrogen and oxygen atoms in total. The average Bonchev–Trinajstić information content (AvgIpc) is 2.66. The minimum atomic E-state index is -3.52. The number of amides is 1. The first-order valence-electron chi connectivity index (χ1n) is 9.22. The number of aromatic nitrogens is 1. The first-order chi connectivity index (χ1) is 12.9. The maximum Gasteiger partial charge on any atom is 0.290 e. The van der Waals surface area contributed by atoms with Crippen LogP contribution in [0.25, 0.3) is 0 Å². The third-order valence-corrected chi connectivity index (χ3v) is 6.71. The van der Waals surface area contributed by atoms with E-state index in [0.29, 0.717) is 18.8 Å². The van der Waals surface area contributed by atoms with Crippen LogP contribution in [0.5, 0.6) is 0 Å². The van der Waals surface area contributed by atoms with Crippen LogP contribution in [0.2, 0.25) is 0 Å². The number of nitrogens with one attached hydrogen (secondary N) is 1. The lowest BCUT2D eigenvalue weighted by Gasteiger charge is -2.26. The van der Waals surface area contributed by atoms with E-state index < -0.39 is 10.0 Å². The number of aryl methyl sites for hydroxylation is 2. The van der Waals surface area contributed by atoms with E-state index in [1.165, 1.54) is 4.31 Å². The number of hydrogen-bond donors (Lipinski definition) is 1. The molecule has 1 amide bonds. The first-order valence-corrected chi connectivity index (χ1v) is 10.7. The van der Waals surface area contributed by atoms with Gasteiger partial charge in [-0.1, -0.05) is 12.5 Å².